The second-order valence-corrected chi connectivity index (χ2v) is 10.7. The standard InChI is InChI=1S/C31H42O2/c1-3-7-24-12-20-30(21-13-24)33-31(32)29-18-16-28(17-19-29)27-14-10-25(11-15-27)22-23(2)26-8-5-4-6-9-26/h4-6,8-9,16-19,23-25,27,30H,3,7,10-15,20-22H2,1-2H3/t23-,24?,25?,27?,30?/m1/s1. The number of benzene rings is 2. The fourth-order valence-corrected chi connectivity index (χ4v) is 6.21. The molecule has 0 amide bonds. The maximum absolute atomic E-state index is 12.6. The summed E-state index contributed by atoms with van der Waals surface area (Å²) < 4.78 is 5.84. The molecule has 0 spiro atoms. The zero-order valence-electron chi connectivity index (χ0n) is 20.7. The zero-order chi connectivity index (χ0) is 23.0. The molecule has 2 heteroatoms. The van der Waals surface area contributed by atoms with E-state index < -0.39 is 0 Å². The van der Waals surface area contributed by atoms with Gasteiger partial charge in [-0.2, -0.15) is 0 Å². The third-order valence-corrected chi connectivity index (χ3v) is 8.28. The molecule has 0 bridgehead atoms. The zero-order valence-corrected chi connectivity index (χ0v) is 20.7. The first kappa shape index (κ1) is 24.0. The van der Waals surface area contributed by atoms with E-state index >= 15 is 0 Å². The molecule has 33 heavy (non-hydrogen) atoms. The molecular weight excluding hydrogens is 404 g/mol. The van der Waals surface area contributed by atoms with Gasteiger partial charge in [0.15, 0.2) is 0 Å². The molecule has 2 nitrogen and oxygen atoms in total. The maximum atomic E-state index is 12.6. The van der Waals surface area contributed by atoms with Crippen molar-refractivity contribution < 1.29 is 9.53 Å². The van der Waals surface area contributed by atoms with Crippen molar-refractivity contribution in [2.75, 3.05) is 0 Å². The summed E-state index contributed by atoms with van der Waals surface area (Å²) in [5.41, 5.74) is 3.57. The summed E-state index contributed by atoms with van der Waals surface area (Å²) >= 11 is 0. The first-order valence-corrected chi connectivity index (χ1v) is 13.5. The van der Waals surface area contributed by atoms with Gasteiger partial charge < -0.3 is 4.74 Å². The number of hydrogen-bond acceptors (Lipinski definition) is 2. The van der Waals surface area contributed by atoms with Crippen LogP contribution in [0.15, 0.2) is 54.6 Å². The molecular formula is C31H42O2. The highest BCUT2D eigenvalue weighted by molar-refractivity contribution is 5.89. The van der Waals surface area contributed by atoms with E-state index in [0.29, 0.717) is 17.4 Å². The molecule has 2 saturated carbocycles. The first-order chi connectivity index (χ1) is 16.1. The number of carbonyl (C=O) groups is 1. The van der Waals surface area contributed by atoms with E-state index in [1.54, 1.807) is 0 Å². The summed E-state index contributed by atoms with van der Waals surface area (Å²) in [5, 5.41) is 0. The lowest BCUT2D eigenvalue weighted by Crippen LogP contribution is -2.24. The average molecular weight is 447 g/mol. The van der Waals surface area contributed by atoms with Gasteiger partial charge in [0, 0.05) is 0 Å². The van der Waals surface area contributed by atoms with Crippen molar-refractivity contribution in [3.05, 3.63) is 71.3 Å². The molecule has 2 aliphatic carbocycles. The fraction of sp³-hybridized carbons (Fsp3) is 0.581. The molecule has 178 valence electrons. The molecule has 0 saturated heterocycles. The first-order valence-electron chi connectivity index (χ1n) is 13.5. The molecule has 2 aromatic carbocycles. The molecule has 2 fully saturated rings. The van der Waals surface area contributed by atoms with Crippen molar-refractivity contribution in [3.63, 3.8) is 0 Å². The molecule has 0 aliphatic heterocycles. The topological polar surface area (TPSA) is 26.3 Å². The Labute approximate surface area is 201 Å². The molecule has 0 aromatic heterocycles. The Hall–Kier alpha value is -2.09. The van der Waals surface area contributed by atoms with Gasteiger partial charge in [0.1, 0.15) is 6.10 Å². The summed E-state index contributed by atoms with van der Waals surface area (Å²) in [7, 11) is 0. The highest BCUT2D eigenvalue weighted by Gasteiger charge is 2.26. The van der Waals surface area contributed by atoms with E-state index in [2.05, 4.69) is 56.3 Å². The van der Waals surface area contributed by atoms with Crippen molar-refractivity contribution in [3.8, 4) is 0 Å². The molecule has 1 atom stereocenters. The van der Waals surface area contributed by atoms with Gasteiger partial charge in [0.25, 0.3) is 0 Å². The fourth-order valence-electron chi connectivity index (χ4n) is 6.21. The smallest absolute Gasteiger partial charge is 0.338 e. The Morgan fingerprint density at radius 2 is 1.48 bits per heavy atom. The number of hydrogen-bond donors (Lipinski definition) is 0. The minimum atomic E-state index is -0.140. The lowest BCUT2D eigenvalue weighted by Gasteiger charge is -2.30. The van der Waals surface area contributed by atoms with E-state index in [9.17, 15) is 4.79 Å². The molecule has 0 N–H and O–H groups in total. The molecule has 0 heterocycles. The van der Waals surface area contributed by atoms with Gasteiger partial charge in [-0.3, -0.25) is 0 Å². The Morgan fingerprint density at radius 1 is 0.848 bits per heavy atom. The predicted molar refractivity (Wildman–Crippen MR) is 137 cm³/mol. The second-order valence-electron chi connectivity index (χ2n) is 10.7. The van der Waals surface area contributed by atoms with Crippen LogP contribution in [-0.2, 0) is 4.74 Å². The number of carbonyl (C=O) groups excluding carboxylic acids is 1. The molecule has 4 rings (SSSR count). The SMILES string of the molecule is CCCC1CCC(OC(=O)c2ccc(C3CCC(C[C@@H](C)c4ccccc4)CC3)cc2)CC1. The lowest BCUT2D eigenvalue weighted by atomic mass is 9.75. The van der Waals surface area contributed by atoms with Crippen LogP contribution in [-0.4, -0.2) is 12.1 Å². The average Bonchev–Trinajstić information content (AvgIpc) is 2.86. The summed E-state index contributed by atoms with van der Waals surface area (Å²) in [6, 6.07) is 19.3. The van der Waals surface area contributed by atoms with Gasteiger partial charge in [0.2, 0.25) is 0 Å². The third-order valence-electron chi connectivity index (χ3n) is 8.28. The monoisotopic (exact) mass is 446 g/mol. The van der Waals surface area contributed by atoms with Crippen molar-refractivity contribution >= 4 is 5.97 Å². The Balaban J connectivity index is 1.22. The van der Waals surface area contributed by atoms with Crippen molar-refractivity contribution in [2.45, 2.75) is 102 Å². The second kappa shape index (κ2) is 11.9. The van der Waals surface area contributed by atoms with E-state index in [1.807, 2.05) is 12.1 Å². The van der Waals surface area contributed by atoms with E-state index in [1.165, 1.54) is 68.9 Å². The normalized spacial score (nSPS) is 26.5. The molecule has 2 aliphatic rings. The summed E-state index contributed by atoms with van der Waals surface area (Å²) in [5.74, 6) is 2.80. The van der Waals surface area contributed by atoms with Crippen LogP contribution in [0.4, 0.5) is 0 Å². The highest BCUT2D eigenvalue weighted by Crippen LogP contribution is 2.39. The number of rotatable bonds is 8. The van der Waals surface area contributed by atoms with Crippen LogP contribution in [0.3, 0.4) is 0 Å². The minimum Gasteiger partial charge on any atom is -0.459 e. The molecule has 0 unspecified atom stereocenters. The van der Waals surface area contributed by atoms with Gasteiger partial charge in [-0.15, -0.1) is 0 Å². The largest absolute Gasteiger partial charge is 0.459 e. The predicted octanol–water partition coefficient (Wildman–Crippen LogP) is 8.67. The van der Waals surface area contributed by atoms with Crippen LogP contribution in [0, 0.1) is 11.8 Å². The van der Waals surface area contributed by atoms with Crippen molar-refractivity contribution in [1.29, 1.82) is 0 Å². The summed E-state index contributed by atoms with van der Waals surface area (Å²) in [4.78, 5) is 12.6. The number of esters is 1. The van der Waals surface area contributed by atoms with Crippen LogP contribution in [0.1, 0.15) is 118 Å². The quantitative estimate of drug-likeness (QED) is 0.379. The van der Waals surface area contributed by atoms with Crippen molar-refractivity contribution in [1.82, 2.24) is 0 Å². The number of ether oxygens (including phenoxy) is 1. The van der Waals surface area contributed by atoms with Gasteiger partial charge in [-0.05, 0) is 105 Å². The van der Waals surface area contributed by atoms with Gasteiger partial charge in [-0.1, -0.05) is 69.2 Å². The van der Waals surface area contributed by atoms with Gasteiger partial charge >= 0.3 is 5.97 Å². The van der Waals surface area contributed by atoms with Crippen LogP contribution in [0.2, 0.25) is 0 Å². The summed E-state index contributed by atoms with van der Waals surface area (Å²) in [6.45, 7) is 4.63. The van der Waals surface area contributed by atoms with Crippen LogP contribution >= 0.6 is 0 Å². The molecule has 2 aromatic rings. The van der Waals surface area contributed by atoms with Crippen molar-refractivity contribution in [2.24, 2.45) is 11.8 Å². The minimum absolute atomic E-state index is 0.110. The van der Waals surface area contributed by atoms with E-state index in [4.69, 9.17) is 4.74 Å². The van der Waals surface area contributed by atoms with E-state index in [-0.39, 0.29) is 12.1 Å². The molecule has 0 radical (unpaired) electrons. The Morgan fingerprint density at radius 3 is 2.12 bits per heavy atom. The maximum Gasteiger partial charge on any atom is 0.338 e. The van der Waals surface area contributed by atoms with Crippen LogP contribution in [0.25, 0.3) is 0 Å². The van der Waals surface area contributed by atoms with E-state index in [0.717, 1.165) is 24.7 Å². The van der Waals surface area contributed by atoms with Gasteiger partial charge in [-0.25, -0.2) is 4.79 Å². The van der Waals surface area contributed by atoms with Crippen LogP contribution < -0.4 is 0 Å². The van der Waals surface area contributed by atoms with Crippen LogP contribution in [0.5, 0.6) is 0 Å². The Bertz CT molecular complexity index is 840. The Kier molecular flexibility index (Phi) is 8.64. The lowest BCUT2D eigenvalue weighted by molar-refractivity contribution is 0.0161. The third kappa shape index (κ3) is 6.71. The highest BCUT2D eigenvalue weighted by atomic mass is 16.5. The summed E-state index contributed by atoms with van der Waals surface area (Å²) in [6.07, 6.45) is 13.6. The van der Waals surface area contributed by atoms with Gasteiger partial charge in [0.05, 0.1) is 5.56 Å².